The summed E-state index contributed by atoms with van der Waals surface area (Å²) >= 11 is 0. The van der Waals surface area contributed by atoms with Crippen molar-refractivity contribution in [2.45, 2.75) is 6.18 Å². The van der Waals surface area contributed by atoms with E-state index in [0.717, 1.165) is 31.5 Å². The number of carbonyl (C=O) groups excluding carboxylic acids is 1. The largest absolute Gasteiger partial charge is 0.495 e. The molecule has 1 aromatic rings. The van der Waals surface area contributed by atoms with Crippen LogP contribution in [0.4, 0.5) is 18.9 Å². The maximum absolute atomic E-state index is 12.6. The van der Waals surface area contributed by atoms with E-state index < -0.39 is 23.3 Å². The Labute approximate surface area is 118 Å². The van der Waals surface area contributed by atoms with Gasteiger partial charge in [-0.15, -0.1) is 0 Å². The number of anilines is 1. The highest BCUT2D eigenvalue weighted by Crippen LogP contribution is 2.34. The van der Waals surface area contributed by atoms with Gasteiger partial charge in [-0.1, -0.05) is 0 Å². The maximum Gasteiger partial charge on any atom is 0.416 e. The van der Waals surface area contributed by atoms with Crippen LogP contribution in [0.1, 0.15) is 5.56 Å². The Morgan fingerprint density at radius 3 is 2.52 bits per heavy atom. The third-order valence-electron chi connectivity index (χ3n) is 2.42. The van der Waals surface area contributed by atoms with E-state index in [1.807, 2.05) is 0 Å². The van der Waals surface area contributed by atoms with E-state index in [0.29, 0.717) is 0 Å². The van der Waals surface area contributed by atoms with Crippen molar-refractivity contribution in [2.75, 3.05) is 19.5 Å². The van der Waals surface area contributed by atoms with Crippen molar-refractivity contribution in [3.05, 3.63) is 35.5 Å². The van der Waals surface area contributed by atoms with E-state index in [2.05, 4.69) is 10.1 Å². The molecular formula is C13H11F3N2O3. The highest BCUT2D eigenvalue weighted by atomic mass is 19.4. The smallest absolute Gasteiger partial charge is 0.416 e. The molecule has 0 aliphatic carbocycles. The summed E-state index contributed by atoms with van der Waals surface area (Å²) < 4.78 is 47.2. The Morgan fingerprint density at radius 1 is 1.38 bits per heavy atom. The summed E-state index contributed by atoms with van der Waals surface area (Å²) in [6.07, 6.45) is -3.57. The van der Waals surface area contributed by atoms with Gasteiger partial charge in [0.05, 0.1) is 25.5 Å². The summed E-state index contributed by atoms with van der Waals surface area (Å²) in [6, 6.07) is 4.36. The van der Waals surface area contributed by atoms with E-state index in [1.165, 1.54) is 7.11 Å². The van der Waals surface area contributed by atoms with Crippen LogP contribution >= 0.6 is 0 Å². The second-order valence-electron chi connectivity index (χ2n) is 3.72. The lowest BCUT2D eigenvalue weighted by molar-refractivity contribution is -0.137. The number of halogens is 3. The van der Waals surface area contributed by atoms with Crippen molar-refractivity contribution in [3.63, 3.8) is 0 Å². The molecule has 1 N–H and O–H groups in total. The molecule has 0 bridgehead atoms. The van der Waals surface area contributed by atoms with Crippen molar-refractivity contribution >= 4 is 11.7 Å². The minimum atomic E-state index is -4.52. The van der Waals surface area contributed by atoms with Gasteiger partial charge in [0.15, 0.2) is 5.57 Å². The summed E-state index contributed by atoms with van der Waals surface area (Å²) in [5, 5.41) is 11.2. The van der Waals surface area contributed by atoms with Gasteiger partial charge in [-0.25, -0.2) is 4.79 Å². The van der Waals surface area contributed by atoms with Crippen molar-refractivity contribution in [1.82, 2.24) is 0 Å². The Kier molecular flexibility index (Phi) is 5.18. The molecule has 0 atom stereocenters. The Balaban J connectivity index is 3.15. The highest BCUT2D eigenvalue weighted by molar-refractivity contribution is 5.93. The van der Waals surface area contributed by atoms with Crippen molar-refractivity contribution in [2.24, 2.45) is 0 Å². The molecule has 0 fully saturated rings. The van der Waals surface area contributed by atoms with Gasteiger partial charge >= 0.3 is 12.1 Å². The Bertz CT molecular complexity index is 604. The molecule has 0 saturated carbocycles. The van der Waals surface area contributed by atoms with Crippen molar-refractivity contribution in [3.8, 4) is 11.8 Å². The fraction of sp³-hybridized carbons (Fsp3) is 0.231. The summed E-state index contributed by atoms with van der Waals surface area (Å²) in [6.45, 7) is 0. The first-order chi connectivity index (χ1) is 9.83. The summed E-state index contributed by atoms with van der Waals surface area (Å²) in [5.74, 6) is -0.780. The average molecular weight is 300 g/mol. The SMILES string of the molecule is COC(=O)C(C#N)=CNc1cc(C(F)(F)F)ccc1OC. The Morgan fingerprint density at radius 2 is 2.05 bits per heavy atom. The number of hydrogen-bond acceptors (Lipinski definition) is 5. The van der Waals surface area contributed by atoms with Gasteiger partial charge in [-0.3, -0.25) is 0 Å². The van der Waals surface area contributed by atoms with Crippen LogP contribution in [0, 0.1) is 11.3 Å². The molecule has 0 aromatic heterocycles. The predicted octanol–water partition coefficient (Wildman–Crippen LogP) is 2.71. The number of alkyl halides is 3. The number of nitrogens with one attached hydrogen (secondary N) is 1. The first-order valence-corrected chi connectivity index (χ1v) is 5.53. The average Bonchev–Trinajstić information content (AvgIpc) is 2.46. The molecule has 0 radical (unpaired) electrons. The minimum absolute atomic E-state index is 0.0380. The second kappa shape index (κ2) is 6.65. The first kappa shape index (κ1) is 16.4. The molecule has 0 spiro atoms. The normalized spacial score (nSPS) is 11.5. The molecule has 0 amide bonds. The summed E-state index contributed by atoms with van der Waals surface area (Å²) in [7, 11) is 2.36. The van der Waals surface area contributed by atoms with Gasteiger partial charge in [-0.2, -0.15) is 18.4 Å². The van der Waals surface area contributed by atoms with Crippen LogP contribution in [0.3, 0.4) is 0 Å². The van der Waals surface area contributed by atoms with Crippen LogP contribution in [-0.4, -0.2) is 20.2 Å². The fourth-order valence-corrected chi connectivity index (χ4v) is 1.39. The van der Waals surface area contributed by atoms with Gasteiger partial charge in [-0.05, 0) is 18.2 Å². The number of benzene rings is 1. The molecule has 1 aromatic carbocycles. The van der Waals surface area contributed by atoms with Gasteiger partial charge in [0, 0.05) is 6.20 Å². The third-order valence-corrected chi connectivity index (χ3v) is 2.42. The molecule has 8 heteroatoms. The molecule has 0 aliphatic rings. The number of rotatable bonds is 4. The van der Waals surface area contributed by atoms with Crippen molar-refractivity contribution in [1.29, 1.82) is 5.26 Å². The lowest BCUT2D eigenvalue weighted by Gasteiger charge is -2.12. The molecule has 0 unspecified atom stereocenters. The van der Waals surface area contributed by atoms with Crippen LogP contribution < -0.4 is 10.1 Å². The summed E-state index contributed by atoms with van der Waals surface area (Å²) in [5.41, 5.74) is -1.32. The van der Waals surface area contributed by atoms with Crippen LogP contribution in [0.5, 0.6) is 5.75 Å². The molecular weight excluding hydrogens is 289 g/mol. The van der Waals surface area contributed by atoms with Crippen LogP contribution in [0.2, 0.25) is 0 Å². The monoisotopic (exact) mass is 300 g/mol. The third kappa shape index (κ3) is 4.14. The molecule has 112 valence electrons. The topological polar surface area (TPSA) is 71.4 Å². The van der Waals surface area contributed by atoms with E-state index in [4.69, 9.17) is 10.00 Å². The molecule has 1 rings (SSSR count). The first-order valence-electron chi connectivity index (χ1n) is 5.53. The van der Waals surface area contributed by atoms with Crippen LogP contribution in [0.25, 0.3) is 0 Å². The zero-order chi connectivity index (χ0) is 16.0. The second-order valence-corrected chi connectivity index (χ2v) is 3.72. The number of nitriles is 1. The number of esters is 1. The minimum Gasteiger partial charge on any atom is -0.495 e. The van der Waals surface area contributed by atoms with E-state index in [9.17, 15) is 18.0 Å². The lowest BCUT2D eigenvalue weighted by Crippen LogP contribution is -2.08. The summed E-state index contributed by atoms with van der Waals surface area (Å²) in [4.78, 5) is 11.2. The predicted molar refractivity (Wildman–Crippen MR) is 67.3 cm³/mol. The van der Waals surface area contributed by atoms with Gasteiger partial charge in [0.25, 0.3) is 0 Å². The zero-order valence-electron chi connectivity index (χ0n) is 11.1. The number of carbonyl (C=O) groups is 1. The quantitative estimate of drug-likeness (QED) is 0.526. The maximum atomic E-state index is 12.6. The van der Waals surface area contributed by atoms with E-state index >= 15 is 0 Å². The Hall–Kier alpha value is -2.69. The molecule has 5 nitrogen and oxygen atoms in total. The number of methoxy groups -OCH3 is 2. The van der Waals surface area contributed by atoms with Crippen molar-refractivity contribution < 1.29 is 27.4 Å². The molecule has 21 heavy (non-hydrogen) atoms. The van der Waals surface area contributed by atoms with E-state index in [-0.39, 0.29) is 11.4 Å². The van der Waals surface area contributed by atoms with Gasteiger partial charge < -0.3 is 14.8 Å². The van der Waals surface area contributed by atoms with Crippen LogP contribution in [-0.2, 0) is 15.7 Å². The highest BCUT2D eigenvalue weighted by Gasteiger charge is 2.31. The molecule has 0 heterocycles. The molecule has 0 aliphatic heterocycles. The standard InChI is InChI=1S/C13H11F3N2O3/c1-20-11-4-3-9(13(14,15)16)5-10(11)18-7-8(6-17)12(19)21-2/h3-5,7,18H,1-2H3. The molecule has 0 saturated heterocycles. The van der Waals surface area contributed by atoms with Gasteiger partial charge in [0.1, 0.15) is 11.8 Å². The fourth-order valence-electron chi connectivity index (χ4n) is 1.39. The van der Waals surface area contributed by atoms with Gasteiger partial charge in [0.2, 0.25) is 0 Å². The lowest BCUT2D eigenvalue weighted by atomic mass is 10.1. The zero-order valence-corrected chi connectivity index (χ0v) is 11.1. The van der Waals surface area contributed by atoms with E-state index in [1.54, 1.807) is 6.07 Å². The number of ether oxygens (including phenoxy) is 2. The number of hydrogen-bond donors (Lipinski definition) is 1. The number of nitrogens with zero attached hydrogens (tertiary/aromatic N) is 1. The van der Waals surface area contributed by atoms with Crippen LogP contribution in [0.15, 0.2) is 30.0 Å².